The average Bonchev–Trinajstić information content (AvgIpc) is 3.01. The van der Waals surface area contributed by atoms with Gasteiger partial charge in [-0.15, -0.1) is 0 Å². The van der Waals surface area contributed by atoms with E-state index in [1.165, 1.54) is 0 Å². The first kappa shape index (κ1) is 18.9. The van der Waals surface area contributed by atoms with Gasteiger partial charge >= 0.3 is 5.97 Å². The molecule has 6 heteroatoms. The molecule has 2 aromatic rings. The zero-order valence-electron chi connectivity index (χ0n) is 17.0. The van der Waals surface area contributed by atoms with Crippen LogP contribution in [0.2, 0.25) is 0 Å². The summed E-state index contributed by atoms with van der Waals surface area (Å²) in [7, 11) is 1.96. The van der Waals surface area contributed by atoms with Gasteiger partial charge in [-0.25, -0.2) is 0 Å². The quantitative estimate of drug-likeness (QED) is 0.866. The van der Waals surface area contributed by atoms with E-state index in [4.69, 9.17) is 0 Å². The van der Waals surface area contributed by atoms with Crippen molar-refractivity contribution >= 4 is 22.8 Å². The molecule has 2 atom stereocenters. The van der Waals surface area contributed by atoms with E-state index in [-0.39, 0.29) is 18.4 Å². The van der Waals surface area contributed by atoms with Gasteiger partial charge < -0.3 is 14.9 Å². The second kappa shape index (κ2) is 6.55. The lowest BCUT2D eigenvalue weighted by atomic mass is 9.73. The van der Waals surface area contributed by atoms with E-state index in [0.29, 0.717) is 18.7 Å². The molecule has 2 fully saturated rings. The monoisotopic (exact) mass is 381 g/mol. The summed E-state index contributed by atoms with van der Waals surface area (Å²) in [6.45, 7) is 8.06. The number of benzene rings is 1. The minimum atomic E-state index is -0.869. The predicted octanol–water partition coefficient (Wildman–Crippen LogP) is 2.64. The first-order chi connectivity index (χ1) is 13.2. The highest BCUT2D eigenvalue weighted by atomic mass is 16.4. The van der Waals surface area contributed by atoms with E-state index in [2.05, 4.69) is 16.0 Å². The molecule has 28 heavy (non-hydrogen) atoms. The summed E-state index contributed by atoms with van der Waals surface area (Å²) in [6, 6.07) is 5.92. The second-order valence-electron chi connectivity index (χ2n) is 8.66. The third-order valence-corrected chi connectivity index (χ3v) is 6.43. The van der Waals surface area contributed by atoms with Crippen LogP contribution in [0.5, 0.6) is 0 Å². The Balaban J connectivity index is 1.76. The summed E-state index contributed by atoms with van der Waals surface area (Å²) in [6.07, 6.45) is 0.806. The van der Waals surface area contributed by atoms with Crippen molar-refractivity contribution in [2.24, 2.45) is 11.3 Å². The van der Waals surface area contributed by atoms with Crippen molar-refractivity contribution in [2.75, 3.05) is 33.2 Å². The van der Waals surface area contributed by atoms with E-state index in [0.717, 1.165) is 40.7 Å². The number of aromatic nitrogens is 1. The molecule has 0 saturated carbocycles. The highest BCUT2D eigenvalue weighted by Gasteiger charge is 2.55. The standard InChI is InChI=1S/C22H27N3O3/c1-13-7-14(2)19-17(8-13)18(9-15(3)23-19)20(26)25-10-16-5-6-24(4)11-22(16,12-25)21(27)28/h7-9,16H,5-6,10-12H2,1-4H3,(H,27,28). The molecule has 1 amide bonds. The van der Waals surface area contributed by atoms with Crippen molar-refractivity contribution in [3.8, 4) is 0 Å². The van der Waals surface area contributed by atoms with Crippen LogP contribution in [0.3, 0.4) is 0 Å². The van der Waals surface area contributed by atoms with Crippen LogP contribution in [-0.2, 0) is 4.79 Å². The van der Waals surface area contributed by atoms with Gasteiger partial charge in [-0.1, -0.05) is 11.6 Å². The minimum absolute atomic E-state index is 0.00261. The summed E-state index contributed by atoms with van der Waals surface area (Å²) >= 11 is 0. The topological polar surface area (TPSA) is 73.7 Å². The Bertz CT molecular complexity index is 987. The second-order valence-corrected chi connectivity index (χ2v) is 8.66. The smallest absolute Gasteiger partial charge is 0.313 e. The van der Waals surface area contributed by atoms with Crippen molar-refractivity contribution in [1.29, 1.82) is 0 Å². The van der Waals surface area contributed by atoms with Crippen LogP contribution in [0.15, 0.2) is 18.2 Å². The number of rotatable bonds is 2. The van der Waals surface area contributed by atoms with Gasteiger partial charge in [0.05, 0.1) is 11.1 Å². The largest absolute Gasteiger partial charge is 0.481 e. The van der Waals surface area contributed by atoms with Crippen molar-refractivity contribution in [2.45, 2.75) is 27.2 Å². The Kier molecular flexibility index (Phi) is 4.42. The number of piperidine rings is 1. The van der Waals surface area contributed by atoms with Gasteiger partial charge in [0.2, 0.25) is 0 Å². The maximum atomic E-state index is 13.5. The normalized spacial score (nSPS) is 25.1. The molecule has 0 aliphatic carbocycles. The summed E-state index contributed by atoms with van der Waals surface area (Å²) in [5, 5.41) is 10.9. The van der Waals surface area contributed by atoms with Gasteiger partial charge in [0.25, 0.3) is 5.91 Å². The molecule has 2 aliphatic heterocycles. The number of hydrogen-bond donors (Lipinski definition) is 1. The fraction of sp³-hybridized carbons (Fsp3) is 0.500. The maximum absolute atomic E-state index is 13.5. The summed E-state index contributed by atoms with van der Waals surface area (Å²) < 4.78 is 0. The first-order valence-electron chi connectivity index (χ1n) is 9.81. The van der Waals surface area contributed by atoms with Crippen LogP contribution in [0.1, 0.15) is 33.6 Å². The molecular formula is C22H27N3O3. The SMILES string of the molecule is Cc1cc(C)c2nc(C)cc(C(=O)N3CC4CCN(C)CC4(C(=O)O)C3)c2c1. The van der Waals surface area contributed by atoms with Crippen molar-refractivity contribution in [1.82, 2.24) is 14.8 Å². The molecule has 1 aromatic heterocycles. The summed E-state index contributed by atoms with van der Waals surface area (Å²) in [5.74, 6) is -0.872. The Labute approximate surface area is 165 Å². The number of amides is 1. The van der Waals surface area contributed by atoms with Gasteiger partial charge in [0, 0.05) is 30.7 Å². The molecule has 0 bridgehead atoms. The van der Waals surface area contributed by atoms with Gasteiger partial charge in [-0.05, 0) is 64.4 Å². The molecule has 148 valence electrons. The Morgan fingerprint density at radius 1 is 1.18 bits per heavy atom. The van der Waals surface area contributed by atoms with Crippen LogP contribution in [0, 0.1) is 32.1 Å². The Morgan fingerprint density at radius 2 is 1.93 bits per heavy atom. The number of carbonyl (C=O) groups excluding carboxylic acids is 1. The predicted molar refractivity (Wildman–Crippen MR) is 108 cm³/mol. The van der Waals surface area contributed by atoms with Gasteiger partial charge in [-0.2, -0.15) is 0 Å². The number of aryl methyl sites for hydroxylation is 3. The Hall–Kier alpha value is -2.47. The molecule has 1 aromatic carbocycles. The number of pyridine rings is 1. The summed E-state index contributed by atoms with van der Waals surface area (Å²) in [5.41, 5.74) is 3.54. The third-order valence-electron chi connectivity index (χ3n) is 6.43. The molecule has 3 heterocycles. The van der Waals surface area contributed by atoms with E-state index < -0.39 is 11.4 Å². The molecule has 4 rings (SSSR count). The minimum Gasteiger partial charge on any atom is -0.481 e. The lowest BCUT2D eigenvalue weighted by molar-refractivity contribution is -0.153. The maximum Gasteiger partial charge on any atom is 0.313 e. The highest BCUT2D eigenvalue weighted by molar-refractivity contribution is 6.07. The number of aliphatic carboxylic acids is 1. The van der Waals surface area contributed by atoms with Crippen LogP contribution in [0.4, 0.5) is 0 Å². The van der Waals surface area contributed by atoms with E-state index in [1.54, 1.807) is 4.90 Å². The van der Waals surface area contributed by atoms with Gasteiger partial charge in [0.15, 0.2) is 0 Å². The third kappa shape index (κ3) is 2.87. The molecule has 0 radical (unpaired) electrons. The number of carboxylic acids is 1. The molecule has 2 unspecified atom stereocenters. The molecule has 6 nitrogen and oxygen atoms in total. The first-order valence-corrected chi connectivity index (χ1v) is 9.81. The van der Waals surface area contributed by atoms with Gasteiger partial charge in [-0.3, -0.25) is 14.6 Å². The van der Waals surface area contributed by atoms with Crippen LogP contribution >= 0.6 is 0 Å². The molecule has 1 N–H and O–H groups in total. The lowest BCUT2D eigenvalue weighted by Gasteiger charge is -2.39. The van der Waals surface area contributed by atoms with Crippen LogP contribution < -0.4 is 0 Å². The summed E-state index contributed by atoms with van der Waals surface area (Å²) in [4.78, 5) is 34.2. The number of likely N-dealkylation sites (tertiary alicyclic amines) is 2. The molecule has 0 spiro atoms. The molecular weight excluding hydrogens is 354 g/mol. The number of carbonyl (C=O) groups is 2. The van der Waals surface area contributed by atoms with Crippen LogP contribution in [-0.4, -0.2) is 65.0 Å². The van der Waals surface area contributed by atoms with E-state index >= 15 is 0 Å². The number of carboxylic acid groups (broad SMARTS) is 1. The van der Waals surface area contributed by atoms with Gasteiger partial charge in [0.1, 0.15) is 5.41 Å². The van der Waals surface area contributed by atoms with Crippen LogP contribution in [0.25, 0.3) is 10.9 Å². The van der Waals surface area contributed by atoms with Crippen molar-refractivity contribution in [3.05, 3.63) is 40.6 Å². The van der Waals surface area contributed by atoms with E-state index in [9.17, 15) is 14.7 Å². The number of hydrogen-bond acceptors (Lipinski definition) is 4. The van der Waals surface area contributed by atoms with Crippen molar-refractivity contribution < 1.29 is 14.7 Å². The lowest BCUT2D eigenvalue weighted by Crippen LogP contribution is -2.52. The Morgan fingerprint density at radius 3 is 2.64 bits per heavy atom. The average molecular weight is 381 g/mol. The highest BCUT2D eigenvalue weighted by Crippen LogP contribution is 2.43. The fourth-order valence-corrected chi connectivity index (χ4v) is 5.08. The van der Waals surface area contributed by atoms with Crippen molar-refractivity contribution in [3.63, 3.8) is 0 Å². The fourth-order valence-electron chi connectivity index (χ4n) is 5.08. The molecule has 2 aliphatic rings. The molecule has 2 saturated heterocycles. The number of fused-ring (bicyclic) bond motifs is 2. The zero-order chi connectivity index (χ0) is 20.2. The zero-order valence-corrected chi connectivity index (χ0v) is 17.0. The van der Waals surface area contributed by atoms with E-state index in [1.807, 2.05) is 40.0 Å². The number of nitrogens with zero attached hydrogens (tertiary/aromatic N) is 3.